The van der Waals surface area contributed by atoms with E-state index in [1.54, 1.807) is 24.3 Å². The molecule has 0 fully saturated rings. The van der Waals surface area contributed by atoms with Gasteiger partial charge in [0, 0.05) is 6.26 Å². The third-order valence-electron chi connectivity index (χ3n) is 2.58. The second kappa shape index (κ2) is 7.63. The number of hydrogen-bond donors (Lipinski definition) is 2. The molecule has 0 heterocycles. The number of nitrogens with one attached hydrogen (secondary N) is 1. The number of aliphatic carboxylic acids is 1. The molecular weight excluding hydrogens is 298 g/mol. The van der Waals surface area contributed by atoms with Crippen LogP contribution in [0.4, 0.5) is 4.79 Å². The van der Waals surface area contributed by atoms with E-state index in [9.17, 15) is 18.0 Å². The van der Waals surface area contributed by atoms with Gasteiger partial charge in [-0.2, -0.15) is 0 Å². The summed E-state index contributed by atoms with van der Waals surface area (Å²) in [5.41, 5.74) is 0.760. The van der Waals surface area contributed by atoms with Crippen molar-refractivity contribution >= 4 is 21.9 Å². The summed E-state index contributed by atoms with van der Waals surface area (Å²) in [4.78, 5) is 22.5. The zero-order valence-electron chi connectivity index (χ0n) is 11.5. The van der Waals surface area contributed by atoms with Crippen molar-refractivity contribution in [2.75, 3.05) is 12.0 Å². The van der Waals surface area contributed by atoms with E-state index in [0.29, 0.717) is 0 Å². The van der Waals surface area contributed by atoms with Gasteiger partial charge in [0.25, 0.3) is 0 Å². The maximum Gasteiger partial charge on any atom is 0.408 e. The highest BCUT2D eigenvalue weighted by atomic mass is 32.2. The van der Waals surface area contributed by atoms with Crippen molar-refractivity contribution in [1.82, 2.24) is 5.32 Å². The Labute approximate surface area is 122 Å². The van der Waals surface area contributed by atoms with Gasteiger partial charge in [0.2, 0.25) is 0 Å². The molecular formula is C13H17NO6S. The van der Waals surface area contributed by atoms with Gasteiger partial charge in [-0.05, 0) is 12.0 Å². The van der Waals surface area contributed by atoms with Crippen molar-refractivity contribution in [3.8, 4) is 0 Å². The summed E-state index contributed by atoms with van der Waals surface area (Å²) < 4.78 is 26.9. The number of benzene rings is 1. The Morgan fingerprint density at radius 1 is 1.29 bits per heavy atom. The number of amides is 1. The minimum absolute atomic E-state index is 0.00505. The molecule has 1 amide bonds. The average molecular weight is 315 g/mol. The van der Waals surface area contributed by atoms with Crippen LogP contribution in [0.5, 0.6) is 0 Å². The molecule has 1 aromatic carbocycles. The summed E-state index contributed by atoms with van der Waals surface area (Å²) in [5.74, 6) is -1.64. The maximum atomic E-state index is 11.5. The van der Waals surface area contributed by atoms with Gasteiger partial charge in [0.05, 0.1) is 5.75 Å². The van der Waals surface area contributed by atoms with Crippen LogP contribution in [-0.2, 0) is 26.0 Å². The van der Waals surface area contributed by atoms with E-state index < -0.39 is 27.9 Å². The smallest absolute Gasteiger partial charge is 0.408 e. The van der Waals surface area contributed by atoms with Crippen LogP contribution in [0.2, 0.25) is 0 Å². The van der Waals surface area contributed by atoms with Crippen LogP contribution in [0.1, 0.15) is 12.0 Å². The van der Waals surface area contributed by atoms with Gasteiger partial charge in [-0.3, -0.25) is 0 Å². The number of carboxylic acids is 1. The Morgan fingerprint density at radius 3 is 2.43 bits per heavy atom. The van der Waals surface area contributed by atoms with Crippen molar-refractivity contribution in [3.05, 3.63) is 35.9 Å². The van der Waals surface area contributed by atoms with Gasteiger partial charge in [-0.1, -0.05) is 30.3 Å². The maximum absolute atomic E-state index is 11.5. The lowest BCUT2D eigenvalue weighted by Crippen LogP contribution is -2.42. The highest BCUT2D eigenvalue weighted by Gasteiger charge is 2.22. The normalized spacial score (nSPS) is 12.4. The monoisotopic (exact) mass is 315 g/mol. The van der Waals surface area contributed by atoms with Gasteiger partial charge in [0.1, 0.15) is 22.5 Å². The highest BCUT2D eigenvalue weighted by molar-refractivity contribution is 7.90. The van der Waals surface area contributed by atoms with E-state index in [-0.39, 0.29) is 18.8 Å². The van der Waals surface area contributed by atoms with Crippen LogP contribution in [0.25, 0.3) is 0 Å². The number of carbonyl (C=O) groups excluding carboxylic acids is 1. The second-order valence-corrected chi connectivity index (χ2v) is 6.78. The summed E-state index contributed by atoms with van der Waals surface area (Å²) >= 11 is 0. The Morgan fingerprint density at radius 2 is 1.90 bits per heavy atom. The van der Waals surface area contributed by atoms with E-state index in [2.05, 4.69) is 5.32 Å². The lowest BCUT2D eigenvalue weighted by Gasteiger charge is -2.14. The molecule has 8 heteroatoms. The summed E-state index contributed by atoms with van der Waals surface area (Å²) in [5, 5.41) is 11.1. The fourth-order valence-corrected chi connectivity index (χ4v) is 2.16. The Hall–Kier alpha value is -2.09. The summed E-state index contributed by atoms with van der Waals surface area (Å²) in [7, 11) is -3.30. The van der Waals surface area contributed by atoms with E-state index in [1.807, 2.05) is 6.07 Å². The molecule has 0 spiro atoms. The topological polar surface area (TPSA) is 110 Å². The first-order valence-corrected chi connectivity index (χ1v) is 8.22. The van der Waals surface area contributed by atoms with Crippen LogP contribution >= 0.6 is 0 Å². The van der Waals surface area contributed by atoms with Crippen molar-refractivity contribution in [1.29, 1.82) is 0 Å². The molecule has 21 heavy (non-hydrogen) atoms. The zero-order valence-corrected chi connectivity index (χ0v) is 12.3. The molecule has 1 atom stereocenters. The number of carbonyl (C=O) groups is 2. The number of carboxylic acid groups (broad SMARTS) is 1. The quantitative estimate of drug-likeness (QED) is 0.770. The zero-order chi connectivity index (χ0) is 15.9. The fourth-order valence-electron chi connectivity index (χ4n) is 1.50. The molecule has 0 unspecified atom stereocenters. The molecule has 116 valence electrons. The van der Waals surface area contributed by atoms with Crippen LogP contribution in [0, 0.1) is 0 Å². The molecule has 0 aliphatic heterocycles. The van der Waals surface area contributed by atoms with Crippen molar-refractivity contribution in [2.45, 2.75) is 19.1 Å². The second-order valence-electron chi connectivity index (χ2n) is 4.52. The Bertz CT molecular complexity index is 584. The first-order valence-electron chi connectivity index (χ1n) is 6.15. The summed E-state index contributed by atoms with van der Waals surface area (Å²) in [6.45, 7) is 0.00505. The van der Waals surface area contributed by atoms with E-state index >= 15 is 0 Å². The van der Waals surface area contributed by atoms with Crippen molar-refractivity contribution in [2.24, 2.45) is 0 Å². The van der Waals surface area contributed by atoms with E-state index in [1.165, 1.54) is 0 Å². The van der Waals surface area contributed by atoms with Crippen LogP contribution in [0.15, 0.2) is 30.3 Å². The lowest BCUT2D eigenvalue weighted by atomic mass is 10.2. The standard InChI is InChI=1S/C13H17NO6S/c1-21(18,19)8-7-11(12(15)16)14-13(17)20-9-10-5-3-2-4-6-10/h2-6,11H,7-9H2,1H3,(H,14,17)(H,15,16)/t11-/m0/s1. The molecule has 0 saturated heterocycles. The lowest BCUT2D eigenvalue weighted by molar-refractivity contribution is -0.139. The SMILES string of the molecule is CS(=O)(=O)CC[C@H](NC(=O)OCc1ccccc1)C(=O)O. The molecule has 7 nitrogen and oxygen atoms in total. The van der Waals surface area contributed by atoms with Crippen LogP contribution in [0.3, 0.4) is 0 Å². The van der Waals surface area contributed by atoms with Gasteiger partial charge < -0.3 is 15.2 Å². The third-order valence-corrected chi connectivity index (χ3v) is 3.56. The number of rotatable bonds is 7. The molecule has 1 rings (SSSR count). The van der Waals surface area contributed by atoms with Gasteiger partial charge in [-0.15, -0.1) is 0 Å². The molecule has 2 N–H and O–H groups in total. The van der Waals surface area contributed by atoms with Crippen molar-refractivity contribution in [3.63, 3.8) is 0 Å². The van der Waals surface area contributed by atoms with Gasteiger partial charge in [-0.25, -0.2) is 18.0 Å². The molecule has 0 saturated carbocycles. The van der Waals surface area contributed by atoms with E-state index in [4.69, 9.17) is 9.84 Å². The number of hydrogen-bond acceptors (Lipinski definition) is 5. The highest BCUT2D eigenvalue weighted by Crippen LogP contribution is 2.02. The predicted molar refractivity (Wildman–Crippen MR) is 75.5 cm³/mol. The molecule has 0 aromatic heterocycles. The minimum Gasteiger partial charge on any atom is -0.480 e. The number of sulfone groups is 1. The third kappa shape index (κ3) is 7.31. The minimum atomic E-state index is -3.30. The molecule has 1 aromatic rings. The molecule has 0 radical (unpaired) electrons. The first-order chi connectivity index (χ1) is 9.78. The van der Waals surface area contributed by atoms with Crippen LogP contribution < -0.4 is 5.32 Å². The van der Waals surface area contributed by atoms with Crippen LogP contribution in [-0.4, -0.2) is 43.6 Å². The van der Waals surface area contributed by atoms with Gasteiger partial charge in [0.15, 0.2) is 0 Å². The van der Waals surface area contributed by atoms with E-state index in [0.717, 1.165) is 11.8 Å². The molecule has 0 bridgehead atoms. The number of alkyl carbamates (subject to hydrolysis) is 1. The Balaban J connectivity index is 2.47. The fraction of sp³-hybridized carbons (Fsp3) is 0.385. The summed E-state index contributed by atoms with van der Waals surface area (Å²) in [6.07, 6.45) is -0.117. The Kier molecular flexibility index (Phi) is 6.16. The number of ether oxygens (including phenoxy) is 1. The molecule has 0 aliphatic rings. The predicted octanol–water partition coefficient (Wildman–Crippen LogP) is 0.801. The largest absolute Gasteiger partial charge is 0.480 e. The van der Waals surface area contributed by atoms with Gasteiger partial charge >= 0.3 is 12.1 Å². The summed E-state index contributed by atoms with van der Waals surface area (Å²) in [6, 6.07) is 7.58. The average Bonchev–Trinajstić information content (AvgIpc) is 2.41. The first kappa shape index (κ1) is 17.0. The van der Waals surface area contributed by atoms with Crippen molar-refractivity contribution < 1.29 is 27.9 Å². The molecule has 0 aliphatic carbocycles.